The van der Waals surface area contributed by atoms with E-state index in [-0.39, 0.29) is 31.6 Å². The molecule has 3 heterocycles. The molecule has 0 aliphatic carbocycles. The second kappa shape index (κ2) is 10.8. The number of nitrogens with zero attached hydrogens (tertiary/aromatic N) is 4. The molecule has 3 aromatic heterocycles. The summed E-state index contributed by atoms with van der Waals surface area (Å²) in [4.78, 5) is 8.03. The van der Waals surface area contributed by atoms with Crippen LogP contribution in [0.1, 0.15) is 5.69 Å². The molecular formula is C21H14F4IrN4O-2. The van der Waals surface area contributed by atoms with Crippen LogP contribution in [-0.2, 0) is 26.3 Å². The molecule has 0 saturated heterocycles. The molecule has 0 aliphatic heterocycles. The first-order valence-corrected chi connectivity index (χ1v) is 8.54. The minimum Gasteiger partial charge on any atom is -0.573 e. The fourth-order valence-electron chi connectivity index (χ4n) is 2.40. The van der Waals surface area contributed by atoms with Gasteiger partial charge in [-0.1, -0.05) is 35.5 Å². The van der Waals surface area contributed by atoms with Crippen LogP contribution in [0.4, 0.5) is 17.6 Å². The fraction of sp³-hybridized carbons (Fsp3) is 0.0952. The monoisotopic (exact) mass is 607 g/mol. The molecule has 0 aliphatic rings. The van der Waals surface area contributed by atoms with Gasteiger partial charge < -0.3 is 19.9 Å². The molecule has 0 saturated carbocycles. The molecule has 0 amide bonds. The number of alkyl halides is 3. The summed E-state index contributed by atoms with van der Waals surface area (Å²) >= 11 is 0. The third-order valence-corrected chi connectivity index (χ3v) is 3.77. The number of hydrogen-bond donors (Lipinski definition) is 0. The molecule has 0 N–H and O–H groups in total. The average Bonchev–Trinajstić information content (AvgIpc) is 3.26. The third-order valence-electron chi connectivity index (χ3n) is 3.77. The normalized spacial score (nSPS) is 10.5. The quantitative estimate of drug-likeness (QED) is 0.248. The maximum absolute atomic E-state index is 12.9. The van der Waals surface area contributed by atoms with Crippen molar-refractivity contribution in [3.8, 4) is 28.4 Å². The van der Waals surface area contributed by atoms with Crippen molar-refractivity contribution in [2.24, 2.45) is 0 Å². The Bertz CT molecular complexity index is 1090. The Labute approximate surface area is 188 Å². The first-order valence-electron chi connectivity index (χ1n) is 8.54. The third kappa shape index (κ3) is 6.44. The van der Waals surface area contributed by atoms with E-state index in [1.807, 2.05) is 18.2 Å². The van der Waals surface area contributed by atoms with Crippen LogP contribution in [0.25, 0.3) is 22.6 Å². The number of halogens is 4. The molecule has 0 unspecified atom stereocenters. The Kier molecular flexibility index (Phi) is 8.41. The van der Waals surface area contributed by atoms with Gasteiger partial charge in [0.2, 0.25) is 0 Å². The summed E-state index contributed by atoms with van der Waals surface area (Å²) in [6.07, 6.45) is -1.30. The van der Waals surface area contributed by atoms with Crippen molar-refractivity contribution in [3.05, 3.63) is 84.6 Å². The number of ether oxygens (including phenoxy) is 1. The van der Waals surface area contributed by atoms with E-state index in [2.05, 4.69) is 26.2 Å². The zero-order valence-corrected chi connectivity index (χ0v) is 18.3. The molecule has 0 spiro atoms. The predicted molar refractivity (Wildman–Crippen MR) is 101 cm³/mol. The minimum atomic E-state index is -4.46. The van der Waals surface area contributed by atoms with Gasteiger partial charge in [0.15, 0.2) is 0 Å². The summed E-state index contributed by atoms with van der Waals surface area (Å²) < 4.78 is 54.6. The molecule has 0 bridgehead atoms. The summed E-state index contributed by atoms with van der Waals surface area (Å²) in [7, 11) is 1.50. The van der Waals surface area contributed by atoms with Gasteiger partial charge in [-0.15, -0.1) is 12.1 Å². The van der Waals surface area contributed by atoms with Gasteiger partial charge in [0.25, 0.3) is 0 Å². The second-order valence-corrected chi connectivity index (χ2v) is 5.80. The van der Waals surface area contributed by atoms with Crippen LogP contribution >= 0.6 is 0 Å². The standard InChI is InChI=1S/C12H9FNO.C9H5F3N3.Ir/c1-15-12-8-9(13)5-6-10(12)11-4-2-3-7-14-11;10-9(11,12)8-5-7(14-15-8)6-3-1-2-4-13-6;/h2-5,7-8H,1H3;1-5H;/q2*-1;. The Morgan fingerprint density at radius 2 is 1.61 bits per heavy atom. The van der Waals surface area contributed by atoms with Gasteiger partial charge in [-0.3, -0.25) is 9.37 Å². The summed E-state index contributed by atoms with van der Waals surface area (Å²) in [5, 5.41) is 6.47. The number of benzene rings is 1. The van der Waals surface area contributed by atoms with Crippen molar-refractivity contribution >= 4 is 0 Å². The SMILES string of the molecule is COc1cc(F)c[c-]c1-c1ccccn1.FC(F)(F)c1cc(-c2ccccn2)[n-]n1.[Ir]. The van der Waals surface area contributed by atoms with Crippen molar-refractivity contribution in [2.75, 3.05) is 7.11 Å². The molecule has 0 atom stereocenters. The van der Waals surface area contributed by atoms with Crippen LogP contribution in [-0.4, -0.2) is 22.2 Å². The molecule has 1 radical (unpaired) electrons. The molecule has 163 valence electrons. The molecular weight excluding hydrogens is 592 g/mol. The molecule has 1 aromatic carbocycles. The van der Waals surface area contributed by atoms with Crippen LogP contribution in [0.2, 0.25) is 0 Å². The van der Waals surface area contributed by atoms with E-state index in [9.17, 15) is 17.6 Å². The van der Waals surface area contributed by atoms with Crippen LogP contribution in [0.3, 0.4) is 0 Å². The maximum Gasteiger partial charge on any atom is 0.431 e. The Morgan fingerprint density at radius 3 is 2.13 bits per heavy atom. The Balaban J connectivity index is 0.000000213. The summed E-state index contributed by atoms with van der Waals surface area (Å²) in [5.74, 6) is 0.0697. The predicted octanol–water partition coefficient (Wildman–Crippen LogP) is 4.81. The second-order valence-electron chi connectivity index (χ2n) is 5.80. The van der Waals surface area contributed by atoms with Crippen molar-refractivity contribution in [1.29, 1.82) is 0 Å². The van der Waals surface area contributed by atoms with Gasteiger partial charge in [0, 0.05) is 49.8 Å². The van der Waals surface area contributed by atoms with Crippen molar-refractivity contribution < 1.29 is 42.4 Å². The number of aromatic nitrogens is 4. The zero-order chi connectivity index (χ0) is 21.6. The number of rotatable bonds is 3. The van der Waals surface area contributed by atoms with Crippen molar-refractivity contribution in [2.45, 2.75) is 6.18 Å². The molecule has 10 heteroatoms. The maximum atomic E-state index is 12.9. The average molecular weight is 607 g/mol. The van der Waals surface area contributed by atoms with Crippen molar-refractivity contribution in [1.82, 2.24) is 20.2 Å². The van der Waals surface area contributed by atoms with Crippen LogP contribution in [0.5, 0.6) is 5.75 Å². The van der Waals surface area contributed by atoms with E-state index in [0.29, 0.717) is 22.7 Å². The van der Waals surface area contributed by atoms with Gasteiger partial charge in [-0.25, -0.2) is 0 Å². The number of hydrogen-bond acceptors (Lipinski definition) is 4. The van der Waals surface area contributed by atoms with Crippen molar-refractivity contribution in [3.63, 3.8) is 0 Å². The van der Waals surface area contributed by atoms with E-state index >= 15 is 0 Å². The molecule has 0 fully saturated rings. The molecule has 4 rings (SSSR count). The summed E-state index contributed by atoms with van der Waals surface area (Å²) in [6, 6.07) is 16.7. The van der Waals surface area contributed by atoms with Crippen LogP contribution in [0.15, 0.2) is 67.0 Å². The van der Waals surface area contributed by atoms with E-state index in [4.69, 9.17) is 4.74 Å². The zero-order valence-electron chi connectivity index (χ0n) is 15.9. The van der Waals surface area contributed by atoms with Crippen LogP contribution in [0, 0.1) is 11.9 Å². The minimum absolute atomic E-state index is 0. The van der Waals surface area contributed by atoms with E-state index < -0.39 is 11.9 Å². The number of methoxy groups -OCH3 is 1. The fourth-order valence-corrected chi connectivity index (χ4v) is 2.40. The molecule has 31 heavy (non-hydrogen) atoms. The first-order chi connectivity index (χ1) is 14.4. The summed E-state index contributed by atoms with van der Waals surface area (Å²) in [5.41, 5.74) is 0.889. The van der Waals surface area contributed by atoms with E-state index in [0.717, 1.165) is 6.07 Å². The van der Waals surface area contributed by atoms with Gasteiger partial charge >= 0.3 is 6.18 Å². The van der Waals surface area contributed by atoms with Gasteiger partial charge in [0.05, 0.1) is 7.11 Å². The topological polar surface area (TPSA) is 62.0 Å². The van der Waals surface area contributed by atoms with E-state index in [1.54, 1.807) is 24.4 Å². The van der Waals surface area contributed by atoms with Gasteiger partial charge in [-0.05, 0) is 30.0 Å². The van der Waals surface area contributed by atoms with Crippen LogP contribution < -0.4 is 9.84 Å². The van der Waals surface area contributed by atoms with Gasteiger partial charge in [0.1, 0.15) is 5.69 Å². The Hall–Kier alpha value is -3.10. The smallest absolute Gasteiger partial charge is 0.431 e. The number of pyridine rings is 2. The summed E-state index contributed by atoms with van der Waals surface area (Å²) in [6.45, 7) is 0. The molecule has 5 nitrogen and oxygen atoms in total. The molecule has 4 aromatic rings. The Morgan fingerprint density at radius 1 is 0.968 bits per heavy atom. The largest absolute Gasteiger partial charge is 0.573 e. The first kappa shape index (κ1) is 24.2. The van der Waals surface area contributed by atoms with E-state index in [1.165, 1.54) is 25.4 Å². The van der Waals surface area contributed by atoms with Gasteiger partial charge in [-0.2, -0.15) is 13.2 Å².